The molecule has 0 radical (unpaired) electrons. The molecule has 6 nitrogen and oxygen atoms in total. The van der Waals surface area contributed by atoms with Crippen LogP contribution in [0.15, 0.2) is 30.4 Å². The molecule has 0 amide bonds. The number of fused-ring (bicyclic) bond motifs is 1. The predicted octanol–water partition coefficient (Wildman–Crippen LogP) is 3.44. The van der Waals surface area contributed by atoms with Gasteiger partial charge >= 0.3 is 5.97 Å². The average Bonchev–Trinajstić information content (AvgIpc) is 2.87. The van der Waals surface area contributed by atoms with Crippen molar-refractivity contribution in [3.8, 4) is 11.5 Å². The molecule has 2 aliphatic carbocycles. The lowest BCUT2D eigenvalue weighted by atomic mass is 9.68. The highest BCUT2D eigenvalue weighted by Crippen LogP contribution is 2.57. The number of aromatic hydroxyl groups is 1. The van der Waals surface area contributed by atoms with Crippen molar-refractivity contribution in [1.82, 2.24) is 0 Å². The van der Waals surface area contributed by atoms with Crippen LogP contribution < -0.4 is 4.74 Å². The fourth-order valence-electron chi connectivity index (χ4n) is 5.02. The van der Waals surface area contributed by atoms with Gasteiger partial charge in [-0.2, -0.15) is 0 Å². The monoisotopic (exact) mass is 404 g/mol. The summed E-state index contributed by atoms with van der Waals surface area (Å²) in [4.78, 5) is 12.9. The zero-order chi connectivity index (χ0) is 21.6. The number of carbonyl (C=O) groups is 1. The summed E-state index contributed by atoms with van der Waals surface area (Å²) < 4.78 is 11.0. The van der Waals surface area contributed by atoms with E-state index in [1.165, 1.54) is 25.3 Å². The summed E-state index contributed by atoms with van der Waals surface area (Å²) in [5.41, 5.74) is -2.30. The van der Waals surface area contributed by atoms with Gasteiger partial charge in [-0.25, -0.2) is 4.79 Å². The van der Waals surface area contributed by atoms with Gasteiger partial charge in [0.15, 0.2) is 11.5 Å². The Morgan fingerprint density at radius 1 is 1.17 bits per heavy atom. The van der Waals surface area contributed by atoms with E-state index in [-0.39, 0.29) is 35.3 Å². The molecular weight excluding hydrogens is 372 g/mol. The number of ether oxygens (including phenoxy) is 2. The SMILES string of the molecule is COc1cc(C(=O)O[C@H]2C[C@](C)(O)C=C[C@@]3(C)CC[C@@](O)(C(C)C)[C@@H]23)ccc1O. The fraction of sp³-hybridized carbons (Fsp3) is 0.609. The van der Waals surface area contributed by atoms with Crippen molar-refractivity contribution in [3.05, 3.63) is 35.9 Å². The third-order valence-electron chi connectivity index (χ3n) is 6.80. The van der Waals surface area contributed by atoms with Crippen LogP contribution in [0.25, 0.3) is 0 Å². The highest BCUT2D eigenvalue weighted by Gasteiger charge is 2.60. The number of benzene rings is 1. The number of phenolic OH excluding ortho intramolecular Hbond substituents is 1. The number of aliphatic hydroxyl groups is 2. The Morgan fingerprint density at radius 2 is 1.86 bits per heavy atom. The first kappa shape index (κ1) is 21.7. The van der Waals surface area contributed by atoms with Crippen molar-refractivity contribution in [2.75, 3.05) is 7.11 Å². The van der Waals surface area contributed by atoms with Gasteiger partial charge in [-0.05, 0) is 49.3 Å². The van der Waals surface area contributed by atoms with Crippen molar-refractivity contribution in [2.24, 2.45) is 17.3 Å². The molecule has 1 aromatic carbocycles. The third-order valence-corrected chi connectivity index (χ3v) is 6.80. The first-order chi connectivity index (χ1) is 13.4. The van der Waals surface area contributed by atoms with E-state index in [0.717, 1.165) is 6.42 Å². The second kappa shape index (κ2) is 7.33. The van der Waals surface area contributed by atoms with Crippen LogP contribution in [0.3, 0.4) is 0 Å². The first-order valence-corrected chi connectivity index (χ1v) is 10.1. The molecule has 1 saturated carbocycles. The molecule has 5 atom stereocenters. The van der Waals surface area contributed by atoms with Crippen molar-refractivity contribution in [1.29, 1.82) is 0 Å². The summed E-state index contributed by atoms with van der Waals surface area (Å²) in [6, 6.07) is 4.27. The summed E-state index contributed by atoms with van der Waals surface area (Å²) in [6.07, 6.45) is 4.63. The molecule has 0 spiro atoms. The maximum absolute atomic E-state index is 12.9. The minimum atomic E-state index is -1.15. The van der Waals surface area contributed by atoms with Gasteiger partial charge in [-0.15, -0.1) is 0 Å². The van der Waals surface area contributed by atoms with Gasteiger partial charge in [0.05, 0.1) is 23.9 Å². The highest BCUT2D eigenvalue weighted by molar-refractivity contribution is 5.90. The van der Waals surface area contributed by atoms with E-state index in [1.807, 2.05) is 19.9 Å². The number of hydrogen-bond acceptors (Lipinski definition) is 6. The number of esters is 1. The van der Waals surface area contributed by atoms with E-state index in [9.17, 15) is 20.1 Å². The highest BCUT2D eigenvalue weighted by atomic mass is 16.5. The molecule has 0 saturated heterocycles. The number of rotatable bonds is 4. The van der Waals surface area contributed by atoms with Gasteiger partial charge in [-0.1, -0.05) is 32.9 Å². The summed E-state index contributed by atoms with van der Waals surface area (Å²) >= 11 is 0. The largest absolute Gasteiger partial charge is 0.504 e. The van der Waals surface area contributed by atoms with Gasteiger partial charge in [0, 0.05) is 12.3 Å². The molecular formula is C23H32O6. The molecule has 160 valence electrons. The Bertz CT molecular complexity index is 814. The van der Waals surface area contributed by atoms with E-state index >= 15 is 0 Å². The molecule has 6 heteroatoms. The maximum atomic E-state index is 12.9. The normalized spacial score (nSPS) is 36.6. The van der Waals surface area contributed by atoms with E-state index in [0.29, 0.717) is 6.42 Å². The Balaban J connectivity index is 1.97. The molecule has 29 heavy (non-hydrogen) atoms. The van der Waals surface area contributed by atoms with Crippen LogP contribution >= 0.6 is 0 Å². The second-order valence-electron chi connectivity index (χ2n) is 9.35. The minimum Gasteiger partial charge on any atom is -0.504 e. The lowest BCUT2D eigenvalue weighted by molar-refractivity contribution is -0.116. The van der Waals surface area contributed by atoms with Crippen LogP contribution in [0, 0.1) is 17.3 Å². The van der Waals surface area contributed by atoms with Gasteiger partial charge in [0.25, 0.3) is 0 Å². The first-order valence-electron chi connectivity index (χ1n) is 10.1. The van der Waals surface area contributed by atoms with Crippen LogP contribution in [0.4, 0.5) is 0 Å². The molecule has 3 rings (SSSR count). The fourth-order valence-corrected chi connectivity index (χ4v) is 5.02. The van der Waals surface area contributed by atoms with Crippen molar-refractivity contribution in [3.63, 3.8) is 0 Å². The Labute approximate surface area is 172 Å². The second-order valence-corrected chi connectivity index (χ2v) is 9.35. The number of carbonyl (C=O) groups excluding carboxylic acids is 1. The molecule has 1 fully saturated rings. The van der Waals surface area contributed by atoms with Gasteiger partial charge in [-0.3, -0.25) is 0 Å². The van der Waals surface area contributed by atoms with Crippen molar-refractivity contribution < 1.29 is 29.6 Å². The summed E-state index contributed by atoms with van der Waals surface area (Å²) in [7, 11) is 1.41. The maximum Gasteiger partial charge on any atom is 0.338 e. The molecule has 0 heterocycles. The van der Waals surface area contributed by atoms with Crippen molar-refractivity contribution in [2.45, 2.75) is 64.3 Å². The number of phenols is 1. The van der Waals surface area contributed by atoms with Crippen LogP contribution in [-0.2, 0) is 4.74 Å². The molecule has 0 aliphatic heterocycles. The molecule has 0 aromatic heterocycles. The average molecular weight is 405 g/mol. The standard InChI is InChI=1S/C23H32O6/c1-14(2)23(27)11-9-21(3)8-10-22(4,26)13-18(19(21)23)29-20(25)15-6-7-16(24)17(12-15)28-5/h6-8,10,12,14,18-19,24,26-27H,9,11,13H2,1-5H3/t18-,19-,21-,22+,23+/m0/s1. The number of hydrogen-bond donors (Lipinski definition) is 3. The molecule has 0 unspecified atom stereocenters. The van der Waals surface area contributed by atoms with Gasteiger partial charge in [0.1, 0.15) is 6.10 Å². The van der Waals surface area contributed by atoms with E-state index < -0.39 is 28.7 Å². The quantitative estimate of drug-likeness (QED) is 0.525. The van der Waals surface area contributed by atoms with Crippen molar-refractivity contribution >= 4 is 5.97 Å². The molecule has 1 aromatic rings. The topological polar surface area (TPSA) is 96.2 Å². The Hall–Kier alpha value is -2.05. The Kier molecular flexibility index (Phi) is 5.47. The van der Waals surface area contributed by atoms with E-state index in [2.05, 4.69) is 6.92 Å². The van der Waals surface area contributed by atoms with Gasteiger partial charge < -0.3 is 24.8 Å². The third kappa shape index (κ3) is 3.88. The van der Waals surface area contributed by atoms with E-state index in [1.54, 1.807) is 13.0 Å². The lowest BCUT2D eigenvalue weighted by Crippen LogP contribution is -2.51. The lowest BCUT2D eigenvalue weighted by Gasteiger charge is -2.43. The smallest absolute Gasteiger partial charge is 0.338 e. The zero-order valence-corrected chi connectivity index (χ0v) is 17.8. The molecule has 0 bridgehead atoms. The zero-order valence-electron chi connectivity index (χ0n) is 17.8. The summed E-state index contributed by atoms with van der Waals surface area (Å²) in [6.45, 7) is 7.69. The van der Waals surface area contributed by atoms with Crippen LogP contribution in [0.2, 0.25) is 0 Å². The summed E-state index contributed by atoms with van der Waals surface area (Å²) in [5.74, 6) is -0.836. The number of allylic oxidation sites excluding steroid dienone is 1. The molecule has 2 aliphatic rings. The number of methoxy groups -OCH3 is 1. The van der Waals surface area contributed by atoms with Crippen LogP contribution in [-0.4, -0.2) is 45.7 Å². The Morgan fingerprint density at radius 3 is 2.48 bits per heavy atom. The van der Waals surface area contributed by atoms with Crippen LogP contribution in [0.5, 0.6) is 11.5 Å². The van der Waals surface area contributed by atoms with Crippen LogP contribution in [0.1, 0.15) is 57.3 Å². The molecule has 3 N–H and O–H groups in total. The van der Waals surface area contributed by atoms with Gasteiger partial charge in [0.2, 0.25) is 0 Å². The summed E-state index contributed by atoms with van der Waals surface area (Å²) in [5, 5.41) is 32.1. The minimum absolute atomic E-state index is 0.0271. The van der Waals surface area contributed by atoms with E-state index in [4.69, 9.17) is 9.47 Å². The predicted molar refractivity (Wildman–Crippen MR) is 109 cm³/mol.